The Labute approximate surface area is 85.1 Å². The van der Waals surface area contributed by atoms with Crippen LogP contribution in [-0.2, 0) is 0 Å². The Morgan fingerprint density at radius 3 is 2.50 bits per heavy atom. The van der Waals surface area contributed by atoms with Crippen molar-refractivity contribution < 1.29 is 4.39 Å². The van der Waals surface area contributed by atoms with Crippen LogP contribution in [0, 0.1) is 5.82 Å². The summed E-state index contributed by atoms with van der Waals surface area (Å²) in [5.74, 6) is 0.0972. The predicted octanol–water partition coefficient (Wildman–Crippen LogP) is 3.06. The first-order valence-corrected chi connectivity index (χ1v) is 5.20. The van der Waals surface area contributed by atoms with E-state index in [-0.39, 0.29) is 17.8 Å². The van der Waals surface area contributed by atoms with Gasteiger partial charge in [0.15, 0.2) is 0 Å². The third-order valence-electron chi connectivity index (χ3n) is 2.70. The maximum atomic E-state index is 13.0. The Morgan fingerprint density at radius 2 is 2.00 bits per heavy atom. The molecule has 1 aromatic carbocycles. The first-order chi connectivity index (χ1) is 6.69. The number of nitrogens with two attached hydrogens (primary N) is 1. The average Bonchev–Trinajstić information content (AvgIpc) is 2.19. The third-order valence-corrected chi connectivity index (χ3v) is 2.70. The molecule has 0 spiro atoms. The summed E-state index contributed by atoms with van der Waals surface area (Å²) in [7, 11) is 0. The van der Waals surface area contributed by atoms with Crippen molar-refractivity contribution in [2.45, 2.75) is 38.6 Å². The van der Waals surface area contributed by atoms with Gasteiger partial charge in [0.1, 0.15) is 5.82 Å². The summed E-state index contributed by atoms with van der Waals surface area (Å²) < 4.78 is 13.0. The van der Waals surface area contributed by atoms with Gasteiger partial charge in [-0.05, 0) is 36.5 Å². The SMILES string of the molecule is CCC(N)C(CC)c1cccc(F)c1. The molecular formula is C12H18FN. The molecular weight excluding hydrogens is 177 g/mol. The summed E-state index contributed by atoms with van der Waals surface area (Å²) in [6.45, 7) is 4.15. The average molecular weight is 195 g/mol. The number of benzene rings is 1. The lowest BCUT2D eigenvalue weighted by atomic mass is 9.88. The number of halogens is 1. The fourth-order valence-corrected chi connectivity index (χ4v) is 1.81. The van der Waals surface area contributed by atoms with E-state index in [1.807, 2.05) is 6.07 Å². The Balaban J connectivity index is 2.89. The molecule has 2 atom stereocenters. The number of hydrogen-bond donors (Lipinski definition) is 1. The highest BCUT2D eigenvalue weighted by atomic mass is 19.1. The van der Waals surface area contributed by atoms with Gasteiger partial charge in [0.25, 0.3) is 0 Å². The highest BCUT2D eigenvalue weighted by molar-refractivity contribution is 5.22. The fourth-order valence-electron chi connectivity index (χ4n) is 1.81. The van der Waals surface area contributed by atoms with Crippen LogP contribution in [0.4, 0.5) is 4.39 Å². The van der Waals surface area contributed by atoms with Gasteiger partial charge in [0, 0.05) is 6.04 Å². The topological polar surface area (TPSA) is 26.0 Å². The van der Waals surface area contributed by atoms with E-state index in [4.69, 9.17) is 5.73 Å². The zero-order valence-electron chi connectivity index (χ0n) is 8.83. The van der Waals surface area contributed by atoms with Crippen molar-refractivity contribution in [3.05, 3.63) is 35.6 Å². The van der Waals surface area contributed by atoms with Crippen LogP contribution < -0.4 is 5.73 Å². The van der Waals surface area contributed by atoms with Crippen LogP contribution in [0.25, 0.3) is 0 Å². The maximum Gasteiger partial charge on any atom is 0.123 e. The first kappa shape index (κ1) is 11.2. The first-order valence-electron chi connectivity index (χ1n) is 5.20. The molecule has 0 heterocycles. The quantitative estimate of drug-likeness (QED) is 0.785. The lowest BCUT2D eigenvalue weighted by molar-refractivity contribution is 0.501. The van der Waals surface area contributed by atoms with Crippen molar-refractivity contribution in [2.24, 2.45) is 5.73 Å². The minimum Gasteiger partial charge on any atom is -0.327 e. The molecule has 0 bridgehead atoms. The van der Waals surface area contributed by atoms with E-state index < -0.39 is 0 Å². The summed E-state index contributed by atoms with van der Waals surface area (Å²) >= 11 is 0. The van der Waals surface area contributed by atoms with E-state index in [9.17, 15) is 4.39 Å². The lowest BCUT2D eigenvalue weighted by Crippen LogP contribution is -2.27. The largest absolute Gasteiger partial charge is 0.327 e. The van der Waals surface area contributed by atoms with Gasteiger partial charge in [-0.15, -0.1) is 0 Å². The van der Waals surface area contributed by atoms with Crippen LogP contribution in [-0.4, -0.2) is 6.04 Å². The van der Waals surface area contributed by atoms with Crippen LogP contribution in [0.5, 0.6) is 0 Å². The maximum absolute atomic E-state index is 13.0. The zero-order valence-corrected chi connectivity index (χ0v) is 8.83. The summed E-state index contributed by atoms with van der Waals surface area (Å²) in [6, 6.07) is 6.88. The normalized spacial score (nSPS) is 15.1. The molecule has 0 aromatic heterocycles. The van der Waals surface area contributed by atoms with E-state index in [0.717, 1.165) is 18.4 Å². The van der Waals surface area contributed by atoms with E-state index in [1.54, 1.807) is 12.1 Å². The minimum atomic E-state index is -0.177. The van der Waals surface area contributed by atoms with E-state index >= 15 is 0 Å². The molecule has 1 rings (SSSR count). The lowest BCUT2D eigenvalue weighted by Gasteiger charge is -2.21. The zero-order chi connectivity index (χ0) is 10.6. The Bertz CT molecular complexity index is 285. The molecule has 0 aliphatic rings. The molecule has 14 heavy (non-hydrogen) atoms. The summed E-state index contributed by atoms with van der Waals surface area (Å²) in [5, 5.41) is 0. The van der Waals surface area contributed by atoms with Gasteiger partial charge in [0.05, 0.1) is 0 Å². The predicted molar refractivity (Wildman–Crippen MR) is 57.7 cm³/mol. The molecule has 78 valence electrons. The van der Waals surface area contributed by atoms with Gasteiger partial charge >= 0.3 is 0 Å². The van der Waals surface area contributed by atoms with Crippen molar-refractivity contribution in [3.63, 3.8) is 0 Å². The molecule has 2 unspecified atom stereocenters. The molecule has 0 radical (unpaired) electrons. The fraction of sp³-hybridized carbons (Fsp3) is 0.500. The molecule has 0 fully saturated rings. The Kier molecular flexibility index (Phi) is 4.08. The van der Waals surface area contributed by atoms with Crippen molar-refractivity contribution >= 4 is 0 Å². The Morgan fingerprint density at radius 1 is 1.29 bits per heavy atom. The smallest absolute Gasteiger partial charge is 0.123 e. The summed E-state index contributed by atoms with van der Waals surface area (Å²) in [5.41, 5.74) is 7.00. The second kappa shape index (κ2) is 5.11. The van der Waals surface area contributed by atoms with Crippen LogP contribution in [0.2, 0.25) is 0 Å². The molecule has 0 aliphatic heterocycles. The molecule has 0 aliphatic carbocycles. The van der Waals surface area contributed by atoms with Crippen LogP contribution in [0.1, 0.15) is 38.2 Å². The monoisotopic (exact) mass is 195 g/mol. The van der Waals surface area contributed by atoms with Gasteiger partial charge in [-0.1, -0.05) is 26.0 Å². The van der Waals surface area contributed by atoms with Gasteiger partial charge in [-0.25, -0.2) is 4.39 Å². The molecule has 0 saturated heterocycles. The van der Waals surface area contributed by atoms with Crippen molar-refractivity contribution in [1.29, 1.82) is 0 Å². The Hall–Kier alpha value is -0.890. The van der Waals surface area contributed by atoms with Gasteiger partial charge < -0.3 is 5.73 Å². The van der Waals surface area contributed by atoms with E-state index in [2.05, 4.69) is 13.8 Å². The second-order valence-electron chi connectivity index (χ2n) is 3.64. The van der Waals surface area contributed by atoms with E-state index in [1.165, 1.54) is 6.07 Å². The van der Waals surface area contributed by atoms with Gasteiger partial charge in [-0.3, -0.25) is 0 Å². The molecule has 1 aromatic rings. The molecule has 0 amide bonds. The van der Waals surface area contributed by atoms with Crippen molar-refractivity contribution in [2.75, 3.05) is 0 Å². The van der Waals surface area contributed by atoms with Crippen molar-refractivity contribution in [1.82, 2.24) is 0 Å². The molecule has 0 saturated carbocycles. The van der Waals surface area contributed by atoms with Gasteiger partial charge in [-0.2, -0.15) is 0 Å². The van der Waals surface area contributed by atoms with Crippen molar-refractivity contribution in [3.8, 4) is 0 Å². The molecule has 1 nitrogen and oxygen atoms in total. The molecule has 2 heteroatoms. The molecule has 2 N–H and O–H groups in total. The highest BCUT2D eigenvalue weighted by Crippen LogP contribution is 2.24. The summed E-state index contributed by atoms with van der Waals surface area (Å²) in [4.78, 5) is 0. The van der Waals surface area contributed by atoms with Crippen LogP contribution >= 0.6 is 0 Å². The highest BCUT2D eigenvalue weighted by Gasteiger charge is 2.16. The van der Waals surface area contributed by atoms with E-state index in [0.29, 0.717) is 0 Å². The standard InChI is InChI=1S/C12H18FN/c1-3-11(12(14)4-2)9-6-5-7-10(13)8-9/h5-8,11-12H,3-4,14H2,1-2H3. The third kappa shape index (κ3) is 2.55. The number of rotatable bonds is 4. The van der Waals surface area contributed by atoms with Crippen LogP contribution in [0.3, 0.4) is 0 Å². The second-order valence-corrected chi connectivity index (χ2v) is 3.64. The summed E-state index contributed by atoms with van der Waals surface area (Å²) in [6.07, 6.45) is 1.88. The van der Waals surface area contributed by atoms with Crippen LogP contribution in [0.15, 0.2) is 24.3 Å². The van der Waals surface area contributed by atoms with Gasteiger partial charge in [0.2, 0.25) is 0 Å². The number of hydrogen-bond acceptors (Lipinski definition) is 1. The minimum absolute atomic E-state index is 0.127.